The van der Waals surface area contributed by atoms with E-state index in [0.29, 0.717) is 16.2 Å². The Labute approximate surface area is 99.1 Å². The van der Waals surface area contributed by atoms with E-state index in [1.54, 1.807) is 31.2 Å². The molecule has 0 radical (unpaired) electrons. The van der Waals surface area contributed by atoms with Crippen molar-refractivity contribution in [2.24, 2.45) is 0 Å². The number of alkyl halides is 1. The van der Waals surface area contributed by atoms with Gasteiger partial charge in [-0.2, -0.15) is 0 Å². The predicted molar refractivity (Wildman–Crippen MR) is 63.1 cm³/mol. The smallest absolute Gasteiger partial charge is 0.246 e. The monoisotopic (exact) mass is 241 g/mol. The second-order valence-corrected chi connectivity index (χ2v) is 3.95. The lowest BCUT2D eigenvalue weighted by Crippen LogP contribution is -2.30. The maximum absolute atomic E-state index is 12.8. The average Bonchev–Trinajstić information content (AvgIpc) is 2.26. The minimum Gasteiger partial charge on any atom is -0.343 e. The van der Waals surface area contributed by atoms with Crippen LogP contribution in [0.15, 0.2) is 36.4 Å². The first-order valence-corrected chi connectivity index (χ1v) is 5.20. The summed E-state index contributed by atoms with van der Waals surface area (Å²) in [7, 11) is 0. The van der Waals surface area contributed by atoms with Crippen LogP contribution in [0.2, 0.25) is 5.02 Å². The largest absolute Gasteiger partial charge is 0.343 e. The standard InChI is InChI=1S/C12H13ClFNO/c1-8(2)12(16)15-11(7-14)9-3-5-10(13)6-4-9/h3-6,11H,1,7H2,2H3,(H,15,16). The maximum Gasteiger partial charge on any atom is 0.246 e. The number of halogens is 2. The molecule has 0 saturated carbocycles. The van der Waals surface area contributed by atoms with Gasteiger partial charge in [0.25, 0.3) is 0 Å². The van der Waals surface area contributed by atoms with Crippen LogP contribution in [-0.2, 0) is 4.79 Å². The molecule has 0 saturated heterocycles. The van der Waals surface area contributed by atoms with Crippen LogP contribution in [0, 0.1) is 0 Å². The molecule has 2 nitrogen and oxygen atoms in total. The number of rotatable bonds is 4. The summed E-state index contributed by atoms with van der Waals surface area (Å²) in [6, 6.07) is 6.04. The molecule has 0 aliphatic rings. The third-order valence-corrected chi connectivity index (χ3v) is 2.37. The minimum atomic E-state index is -0.666. The van der Waals surface area contributed by atoms with Crippen molar-refractivity contribution >= 4 is 17.5 Å². The fourth-order valence-corrected chi connectivity index (χ4v) is 1.31. The molecule has 0 heterocycles. The van der Waals surface area contributed by atoms with Crippen molar-refractivity contribution in [3.8, 4) is 0 Å². The van der Waals surface area contributed by atoms with Crippen LogP contribution >= 0.6 is 11.6 Å². The van der Waals surface area contributed by atoms with E-state index < -0.39 is 12.7 Å². The van der Waals surface area contributed by atoms with E-state index in [4.69, 9.17) is 11.6 Å². The number of hydrogen-bond acceptors (Lipinski definition) is 1. The Morgan fingerprint density at radius 1 is 1.50 bits per heavy atom. The van der Waals surface area contributed by atoms with E-state index in [2.05, 4.69) is 11.9 Å². The number of nitrogens with one attached hydrogen (secondary N) is 1. The third-order valence-electron chi connectivity index (χ3n) is 2.12. The van der Waals surface area contributed by atoms with Crippen LogP contribution in [0.4, 0.5) is 4.39 Å². The van der Waals surface area contributed by atoms with Crippen LogP contribution in [0.5, 0.6) is 0 Å². The molecule has 0 aliphatic carbocycles. The molecular weight excluding hydrogens is 229 g/mol. The summed E-state index contributed by atoms with van der Waals surface area (Å²) in [5.74, 6) is -0.349. The van der Waals surface area contributed by atoms with Crippen LogP contribution < -0.4 is 5.32 Å². The zero-order valence-electron chi connectivity index (χ0n) is 8.97. The van der Waals surface area contributed by atoms with E-state index in [9.17, 15) is 9.18 Å². The highest BCUT2D eigenvalue weighted by Gasteiger charge is 2.14. The quantitative estimate of drug-likeness (QED) is 0.807. The number of benzene rings is 1. The average molecular weight is 242 g/mol. The Morgan fingerprint density at radius 2 is 2.06 bits per heavy atom. The van der Waals surface area contributed by atoms with Gasteiger partial charge in [-0.3, -0.25) is 4.79 Å². The molecule has 1 unspecified atom stereocenters. The summed E-state index contributed by atoms with van der Waals surface area (Å²) in [6.07, 6.45) is 0. The topological polar surface area (TPSA) is 29.1 Å². The van der Waals surface area contributed by atoms with Gasteiger partial charge in [0.2, 0.25) is 5.91 Å². The van der Waals surface area contributed by atoms with E-state index in [-0.39, 0.29) is 5.91 Å². The SMILES string of the molecule is C=C(C)C(=O)NC(CF)c1ccc(Cl)cc1. The van der Waals surface area contributed by atoms with Gasteiger partial charge in [0.05, 0.1) is 6.04 Å². The first kappa shape index (κ1) is 12.7. The lowest BCUT2D eigenvalue weighted by atomic mass is 10.1. The van der Waals surface area contributed by atoms with Gasteiger partial charge in [-0.25, -0.2) is 4.39 Å². The van der Waals surface area contributed by atoms with E-state index in [1.165, 1.54) is 0 Å². The van der Waals surface area contributed by atoms with E-state index in [0.717, 1.165) is 0 Å². The minimum absolute atomic E-state index is 0.349. The molecule has 1 aromatic rings. The fourth-order valence-electron chi connectivity index (χ4n) is 1.19. The zero-order valence-corrected chi connectivity index (χ0v) is 9.72. The molecule has 0 bridgehead atoms. The Kier molecular flexibility index (Phi) is 4.50. The molecule has 86 valence electrons. The second-order valence-electron chi connectivity index (χ2n) is 3.51. The first-order valence-electron chi connectivity index (χ1n) is 4.82. The van der Waals surface area contributed by atoms with Crippen LogP contribution in [0.1, 0.15) is 18.5 Å². The molecular formula is C12H13ClFNO. The molecule has 1 atom stereocenters. The van der Waals surface area contributed by atoms with Crippen molar-refractivity contribution in [1.29, 1.82) is 0 Å². The number of hydrogen-bond donors (Lipinski definition) is 1. The molecule has 4 heteroatoms. The fraction of sp³-hybridized carbons (Fsp3) is 0.250. The van der Waals surface area contributed by atoms with Gasteiger partial charge in [-0.15, -0.1) is 0 Å². The second kappa shape index (κ2) is 5.66. The van der Waals surface area contributed by atoms with E-state index >= 15 is 0 Å². The molecule has 1 N–H and O–H groups in total. The highest BCUT2D eigenvalue weighted by molar-refractivity contribution is 6.30. The summed E-state index contributed by atoms with van der Waals surface area (Å²) in [5.41, 5.74) is 1.04. The molecule has 0 spiro atoms. The lowest BCUT2D eigenvalue weighted by molar-refractivity contribution is -0.118. The molecule has 1 rings (SSSR count). The summed E-state index contributed by atoms with van der Waals surface area (Å²) in [6.45, 7) is 4.40. The summed E-state index contributed by atoms with van der Waals surface area (Å²) < 4.78 is 12.8. The maximum atomic E-state index is 12.8. The predicted octanol–water partition coefficient (Wildman–Crippen LogP) is 3.04. The van der Waals surface area contributed by atoms with Crippen LogP contribution in [0.25, 0.3) is 0 Å². The van der Waals surface area contributed by atoms with Gasteiger partial charge >= 0.3 is 0 Å². The molecule has 0 fully saturated rings. The van der Waals surface area contributed by atoms with Crippen molar-refractivity contribution in [3.63, 3.8) is 0 Å². The molecule has 1 amide bonds. The van der Waals surface area contributed by atoms with Gasteiger partial charge in [-0.1, -0.05) is 30.3 Å². The van der Waals surface area contributed by atoms with Crippen LogP contribution in [0.3, 0.4) is 0 Å². The highest BCUT2D eigenvalue weighted by atomic mass is 35.5. The molecule has 1 aromatic carbocycles. The Hall–Kier alpha value is -1.35. The van der Waals surface area contributed by atoms with Crippen molar-refractivity contribution in [3.05, 3.63) is 47.0 Å². The summed E-state index contributed by atoms with van der Waals surface area (Å²) >= 11 is 5.72. The molecule has 0 aromatic heterocycles. The van der Waals surface area contributed by atoms with Gasteiger partial charge in [-0.05, 0) is 24.6 Å². The number of carbonyl (C=O) groups is 1. The Balaban J connectivity index is 2.78. The molecule has 16 heavy (non-hydrogen) atoms. The van der Waals surface area contributed by atoms with Gasteiger partial charge in [0, 0.05) is 10.6 Å². The Bertz CT molecular complexity index is 389. The summed E-state index contributed by atoms with van der Waals surface area (Å²) in [5, 5.41) is 3.12. The summed E-state index contributed by atoms with van der Waals surface area (Å²) in [4.78, 5) is 11.3. The normalized spacial score (nSPS) is 11.9. The number of amides is 1. The Morgan fingerprint density at radius 3 is 2.50 bits per heavy atom. The van der Waals surface area contributed by atoms with Crippen molar-refractivity contribution in [1.82, 2.24) is 5.32 Å². The highest BCUT2D eigenvalue weighted by Crippen LogP contribution is 2.17. The van der Waals surface area contributed by atoms with Crippen molar-refractivity contribution in [2.75, 3.05) is 6.67 Å². The third kappa shape index (κ3) is 3.35. The number of carbonyl (C=O) groups excluding carboxylic acids is 1. The van der Waals surface area contributed by atoms with Crippen LogP contribution in [-0.4, -0.2) is 12.6 Å². The van der Waals surface area contributed by atoms with Gasteiger partial charge < -0.3 is 5.32 Å². The van der Waals surface area contributed by atoms with E-state index in [1.807, 2.05) is 0 Å². The lowest BCUT2D eigenvalue weighted by Gasteiger charge is -2.15. The zero-order chi connectivity index (χ0) is 12.1. The first-order chi connectivity index (χ1) is 7.54. The van der Waals surface area contributed by atoms with Crippen molar-refractivity contribution in [2.45, 2.75) is 13.0 Å². The van der Waals surface area contributed by atoms with Crippen molar-refractivity contribution < 1.29 is 9.18 Å². The molecule has 0 aliphatic heterocycles. The van der Waals surface area contributed by atoms with Gasteiger partial charge in [0.15, 0.2) is 0 Å². The van der Waals surface area contributed by atoms with Gasteiger partial charge in [0.1, 0.15) is 6.67 Å².